The Kier molecular flexibility index (Phi) is 5.93. The number of carbonyl (C=O) groups excluding carboxylic acids is 2. The van der Waals surface area contributed by atoms with Crippen LogP contribution in [-0.4, -0.2) is 23.6 Å². The second-order valence-corrected chi connectivity index (χ2v) is 8.45. The third-order valence-electron chi connectivity index (χ3n) is 6.43. The van der Waals surface area contributed by atoms with Crippen molar-refractivity contribution in [1.82, 2.24) is 0 Å². The molecule has 154 valence electrons. The summed E-state index contributed by atoms with van der Waals surface area (Å²) < 4.78 is 19.5. The summed E-state index contributed by atoms with van der Waals surface area (Å²) in [6.45, 7) is 1.82. The zero-order valence-corrected chi connectivity index (χ0v) is 17.0. The summed E-state index contributed by atoms with van der Waals surface area (Å²) in [6, 6.07) is 6.13. The number of halogens is 1. The lowest BCUT2D eigenvalue weighted by Gasteiger charge is -2.36. The smallest absolute Gasteiger partial charge is 0.336 e. The Bertz CT molecular complexity index is 847. The molecule has 0 radical (unpaired) electrons. The van der Waals surface area contributed by atoms with Gasteiger partial charge in [-0.1, -0.05) is 25.0 Å². The zero-order chi connectivity index (χ0) is 20.4. The van der Waals surface area contributed by atoms with E-state index in [1.54, 1.807) is 12.1 Å². The first kappa shape index (κ1) is 20.0. The molecular weight excluding hydrogens is 369 g/mol. The SMILES string of the molecule is CC1=C(C(=O)OC2CCCCCC2)[C@@H](c2ccc(F)cc2)[C@@H]2C(=O)CCCC2=N1. The van der Waals surface area contributed by atoms with Crippen molar-refractivity contribution in [2.75, 3.05) is 0 Å². The van der Waals surface area contributed by atoms with E-state index >= 15 is 0 Å². The number of carbonyl (C=O) groups is 2. The Morgan fingerprint density at radius 2 is 1.69 bits per heavy atom. The molecule has 0 aromatic heterocycles. The Morgan fingerprint density at radius 3 is 2.38 bits per heavy atom. The molecule has 0 N–H and O–H groups in total. The van der Waals surface area contributed by atoms with Crippen LogP contribution >= 0.6 is 0 Å². The van der Waals surface area contributed by atoms with Crippen molar-refractivity contribution in [3.63, 3.8) is 0 Å². The first-order valence-electron chi connectivity index (χ1n) is 10.8. The second-order valence-electron chi connectivity index (χ2n) is 8.45. The monoisotopic (exact) mass is 397 g/mol. The van der Waals surface area contributed by atoms with Gasteiger partial charge >= 0.3 is 5.97 Å². The average molecular weight is 397 g/mol. The van der Waals surface area contributed by atoms with Gasteiger partial charge in [0.15, 0.2) is 0 Å². The van der Waals surface area contributed by atoms with Gasteiger partial charge in [0, 0.05) is 23.7 Å². The van der Waals surface area contributed by atoms with E-state index in [1.807, 2.05) is 6.92 Å². The number of hydrogen-bond donors (Lipinski definition) is 0. The number of fused-ring (bicyclic) bond motifs is 1. The molecule has 5 heteroatoms. The summed E-state index contributed by atoms with van der Waals surface area (Å²) in [7, 11) is 0. The quantitative estimate of drug-likeness (QED) is 0.515. The Labute approximate surface area is 171 Å². The largest absolute Gasteiger partial charge is 0.459 e. The van der Waals surface area contributed by atoms with E-state index in [9.17, 15) is 14.0 Å². The third kappa shape index (κ3) is 4.19. The number of hydrogen-bond acceptors (Lipinski definition) is 4. The molecule has 0 spiro atoms. The fraction of sp³-hybridized carbons (Fsp3) is 0.542. The fourth-order valence-corrected chi connectivity index (χ4v) is 4.99. The van der Waals surface area contributed by atoms with Crippen molar-refractivity contribution in [2.24, 2.45) is 10.9 Å². The van der Waals surface area contributed by atoms with Crippen molar-refractivity contribution in [3.8, 4) is 0 Å². The molecule has 0 saturated heterocycles. The Hall–Kier alpha value is -2.30. The molecule has 2 aliphatic carbocycles. The first-order chi connectivity index (χ1) is 14.0. The molecule has 1 aromatic rings. The van der Waals surface area contributed by atoms with Gasteiger partial charge in [-0.2, -0.15) is 0 Å². The lowest BCUT2D eigenvalue weighted by Crippen LogP contribution is -2.39. The maximum absolute atomic E-state index is 13.5. The maximum Gasteiger partial charge on any atom is 0.336 e. The second kappa shape index (κ2) is 8.60. The van der Waals surface area contributed by atoms with Crippen molar-refractivity contribution in [2.45, 2.75) is 76.7 Å². The molecule has 4 nitrogen and oxygen atoms in total. The number of ether oxygens (including phenoxy) is 1. The van der Waals surface area contributed by atoms with Crippen LogP contribution in [0, 0.1) is 11.7 Å². The highest BCUT2D eigenvalue weighted by Gasteiger charge is 2.44. The first-order valence-corrected chi connectivity index (χ1v) is 10.8. The number of rotatable bonds is 3. The van der Waals surface area contributed by atoms with Crippen LogP contribution < -0.4 is 0 Å². The predicted octanol–water partition coefficient (Wildman–Crippen LogP) is 5.27. The summed E-state index contributed by atoms with van der Waals surface area (Å²) in [6.07, 6.45) is 8.23. The number of benzene rings is 1. The lowest BCUT2D eigenvalue weighted by atomic mass is 9.69. The zero-order valence-electron chi connectivity index (χ0n) is 17.0. The highest BCUT2D eigenvalue weighted by molar-refractivity contribution is 6.11. The molecule has 2 atom stereocenters. The molecule has 2 fully saturated rings. The molecule has 29 heavy (non-hydrogen) atoms. The van der Waals surface area contributed by atoms with Crippen LogP contribution in [-0.2, 0) is 14.3 Å². The van der Waals surface area contributed by atoms with Crippen LogP contribution in [0.1, 0.15) is 76.2 Å². The number of ketones is 1. The van der Waals surface area contributed by atoms with Gasteiger partial charge in [0.25, 0.3) is 0 Å². The van der Waals surface area contributed by atoms with Gasteiger partial charge in [0.1, 0.15) is 17.7 Å². The van der Waals surface area contributed by atoms with Gasteiger partial charge in [0.2, 0.25) is 0 Å². The number of allylic oxidation sites excluding steroid dienone is 1. The third-order valence-corrected chi connectivity index (χ3v) is 6.43. The van der Waals surface area contributed by atoms with Crippen molar-refractivity contribution < 1.29 is 18.7 Å². The van der Waals surface area contributed by atoms with Gasteiger partial charge in [-0.3, -0.25) is 9.79 Å². The highest BCUT2D eigenvalue weighted by Crippen LogP contribution is 2.43. The summed E-state index contributed by atoms with van der Waals surface area (Å²) >= 11 is 0. The van der Waals surface area contributed by atoms with Crippen LogP contribution in [0.25, 0.3) is 0 Å². The maximum atomic E-state index is 13.5. The van der Waals surface area contributed by atoms with Gasteiger partial charge < -0.3 is 4.74 Å². The van der Waals surface area contributed by atoms with Crippen molar-refractivity contribution >= 4 is 17.5 Å². The number of aliphatic imine (C=N–C) groups is 1. The number of Topliss-reactive ketones (excluding diaryl/α,β-unsaturated/α-hetero) is 1. The van der Waals surface area contributed by atoms with Crippen LogP contribution in [0.5, 0.6) is 0 Å². The van der Waals surface area contributed by atoms with Gasteiger partial charge in [-0.15, -0.1) is 0 Å². The van der Waals surface area contributed by atoms with Crippen LogP contribution in [0.3, 0.4) is 0 Å². The molecular formula is C24H28FNO3. The average Bonchev–Trinajstić information content (AvgIpc) is 2.96. The van der Waals surface area contributed by atoms with Gasteiger partial charge in [-0.25, -0.2) is 9.18 Å². The van der Waals surface area contributed by atoms with Crippen LogP contribution in [0.2, 0.25) is 0 Å². The molecule has 1 heterocycles. The minimum absolute atomic E-state index is 0.0772. The minimum atomic E-state index is -0.450. The van der Waals surface area contributed by atoms with E-state index in [-0.39, 0.29) is 23.7 Å². The summed E-state index contributed by atoms with van der Waals surface area (Å²) in [5, 5.41) is 0. The molecule has 0 unspecified atom stereocenters. The molecule has 1 aromatic carbocycles. The van der Waals surface area contributed by atoms with Gasteiger partial charge in [-0.05, 0) is 63.1 Å². The normalized spacial score (nSPS) is 25.9. The van der Waals surface area contributed by atoms with Gasteiger partial charge in [0.05, 0.1) is 11.5 Å². The molecule has 0 amide bonds. The topological polar surface area (TPSA) is 55.7 Å². The van der Waals surface area contributed by atoms with E-state index in [0.717, 1.165) is 49.8 Å². The Balaban J connectivity index is 1.71. The van der Waals surface area contributed by atoms with Crippen LogP contribution in [0.15, 0.2) is 40.5 Å². The summed E-state index contributed by atoms with van der Waals surface area (Å²) in [5.41, 5.74) is 2.70. The minimum Gasteiger partial charge on any atom is -0.459 e. The summed E-state index contributed by atoms with van der Waals surface area (Å²) in [5.74, 6) is -1.50. The summed E-state index contributed by atoms with van der Waals surface area (Å²) in [4.78, 5) is 30.8. The fourth-order valence-electron chi connectivity index (χ4n) is 4.99. The standard InChI is InChI=1S/C24H28FNO3/c1-15-21(24(28)29-18-7-4-2-3-5-8-18)22(16-11-13-17(25)14-12-16)23-19(26-15)9-6-10-20(23)27/h11-14,18,22-23H,2-10H2,1H3/t22-,23+/m1/s1. The highest BCUT2D eigenvalue weighted by atomic mass is 19.1. The Morgan fingerprint density at radius 1 is 1.00 bits per heavy atom. The number of nitrogens with zero attached hydrogens (tertiary/aromatic N) is 1. The molecule has 4 rings (SSSR count). The van der Waals surface area contributed by atoms with Crippen molar-refractivity contribution in [1.29, 1.82) is 0 Å². The van der Waals surface area contributed by atoms with E-state index in [4.69, 9.17) is 4.74 Å². The molecule has 0 bridgehead atoms. The van der Waals surface area contributed by atoms with E-state index < -0.39 is 11.8 Å². The van der Waals surface area contributed by atoms with E-state index in [2.05, 4.69) is 4.99 Å². The van der Waals surface area contributed by atoms with Crippen molar-refractivity contribution in [3.05, 3.63) is 46.9 Å². The number of esters is 1. The molecule has 1 aliphatic heterocycles. The lowest BCUT2D eigenvalue weighted by molar-refractivity contribution is -0.145. The molecule has 2 saturated carbocycles. The predicted molar refractivity (Wildman–Crippen MR) is 109 cm³/mol. The molecule has 3 aliphatic rings. The van der Waals surface area contributed by atoms with E-state index in [1.165, 1.54) is 25.0 Å². The van der Waals surface area contributed by atoms with E-state index in [0.29, 0.717) is 17.7 Å². The van der Waals surface area contributed by atoms with Crippen LogP contribution in [0.4, 0.5) is 4.39 Å².